The number of rotatable bonds is 5. The molecule has 126 valence electrons. The lowest BCUT2D eigenvalue weighted by Crippen LogP contribution is -2.30. The van der Waals surface area contributed by atoms with Crippen LogP contribution in [0.4, 0.5) is 0 Å². The Morgan fingerprint density at radius 2 is 1.92 bits per heavy atom. The van der Waals surface area contributed by atoms with Gasteiger partial charge in [-0.25, -0.2) is 0 Å². The van der Waals surface area contributed by atoms with Gasteiger partial charge in [-0.3, -0.25) is 4.79 Å². The Labute approximate surface area is 146 Å². The van der Waals surface area contributed by atoms with Crippen LogP contribution in [0.3, 0.4) is 0 Å². The van der Waals surface area contributed by atoms with Crippen LogP contribution in [0.2, 0.25) is 0 Å². The van der Waals surface area contributed by atoms with E-state index >= 15 is 0 Å². The Kier molecular flexibility index (Phi) is 5.00. The van der Waals surface area contributed by atoms with Crippen LogP contribution in [0, 0.1) is 13.8 Å². The van der Waals surface area contributed by atoms with E-state index in [9.17, 15) is 4.79 Å². The van der Waals surface area contributed by atoms with E-state index < -0.39 is 0 Å². The van der Waals surface area contributed by atoms with E-state index in [0.717, 1.165) is 22.0 Å². The predicted octanol–water partition coefficient (Wildman–Crippen LogP) is 3.83. The summed E-state index contributed by atoms with van der Waals surface area (Å²) in [6.45, 7) is 6.84. The van der Waals surface area contributed by atoms with Crippen molar-refractivity contribution in [3.05, 3.63) is 53.1 Å². The molecule has 0 aliphatic carbocycles. The van der Waals surface area contributed by atoms with Crippen LogP contribution in [0.15, 0.2) is 41.3 Å². The largest absolute Gasteiger partial charge is 0.454 e. The molecular weight excluding hydrogens is 322 g/mol. The molecule has 2 aromatic rings. The lowest BCUT2D eigenvalue weighted by atomic mass is 10.1. The quantitative estimate of drug-likeness (QED) is 0.838. The summed E-state index contributed by atoms with van der Waals surface area (Å²) in [5, 5.41) is 2.83. The topological polar surface area (TPSA) is 47.6 Å². The van der Waals surface area contributed by atoms with Crippen LogP contribution in [0.1, 0.15) is 23.6 Å². The van der Waals surface area contributed by atoms with Gasteiger partial charge in [0, 0.05) is 11.4 Å². The molecule has 0 radical (unpaired) electrons. The molecule has 2 aromatic carbocycles. The van der Waals surface area contributed by atoms with E-state index in [-0.39, 0.29) is 18.0 Å². The van der Waals surface area contributed by atoms with Gasteiger partial charge in [0.25, 0.3) is 0 Å². The second-order valence-electron chi connectivity index (χ2n) is 5.91. The highest BCUT2D eigenvalue weighted by Gasteiger charge is 2.16. The molecule has 0 spiro atoms. The van der Waals surface area contributed by atoms with Crippen LogP contribution >= 0.6 is 11.8 Å². The maximum atomic E-state index is 12.3. The Morgan fingerprint density at radius 1 is 1.12 bits per heavy atom. The van der Waals surface area contributed by atoms with Crippen LogP contribution < -0.4 is 14.8 Å². The summed E-state index contributed by atoms with van der Waals surface area (Å²) in [4.78, 5) is 13.4. The maximum absolute atomic E-state index is 12.3. The van der Waals surface area contributed by atoms with Crippen LogP contribution in [0.5, 0.6) is 11.5 Å². The summed E-state index contributed by atoms with van der Waals surface area (Å²) in [6, 6.07) is 12.0. The summed E-state index contributed by atoms with van der Waals surface area (Å²) in [6.07, 6.45) is 0. The predicted molar refractivity (Wildman–Crippen MR) is 95.6 cm³/mol. The van der Waals surface area contributed by atoms with Gasteiger partial charge in [-0.15, -0.1) is 11.8 Å². The number of hydrogen-bond donors (Lipinski definition) is 1. The van der Waals surface area contributed by atoms with Gasteiger partial charge < -0.3 is 14.8 Å². The maximum Gasteiger partial charge on any atom is 0.233 e. The Balaban J connectivity index is 1.55. The van der Waals surface area contributed by atoms with Crippen molar-refractivity contribution in [2.75, 3.05) is 6.79 Å². The van der Waals surface area contributed by atoms with E-state index in [4.69, 9.17) is 9.47 Å². The zero-order valence-corrected chi connectivity index (χ0v) is 14.9. The van der Waals surface area contributed by atoms with Gasteiger partial charge in [0.15, 0.2) is 11.5 Å². The van der Waals surface area contributed by atoms with Crippen LogP contribution in [-0.4, -0.2) is 18.0 Å². The molecule has 1 aliphatic rings. The van der Waals surface area contributed by atoms with Gasteiger partial charge >= 0.3 is 0 Å². The number of thioether (sulfide) groups is 1. The molecule has 0 fully saturated rings. The average Bonchev–Trinajstić information content (AvgIpc) is 3.03. The number of hydrogen-bond acceptors (Lipinski definition) is 4. The van der Waals surface area contributed by atoms with Crippen molar-refractivity contribution >= 4 is 17.7 Å². The van der Waals surface area contributed by atoms with Crippen LogP contribution in [-0.2, 0) is 11.3 Å². The number of fused-ring (bicyclic) bond motifs is 1. The molecule has 0 aromatic heterocycles. The average molecular weight is 343 g/mol. The third-order valence-electron chi connectivity index (χ3n) is 4.06. The van der Waals surface area contributed by atoms with Gasteiger partial charge in [-0.1, -0.05) is 12.1 Å². The zero-order valence-electron chi connectivity index (χ0n) is 14.1. The Hall–Kier alpha value is -2.14. The van der Waals surface area contributed by atoms with Gasteiger partial charge in [0.1, 0.15) is 0 Å². The minimum Gasteiger partial charge on any atom is -0.454 e. The number of amides is 1. The molecular formula is C19H21NO3S. The number of carbonyl (C=O) groups is 1. The van der Waals surface area contributed by atoms with E-state index in [1.54, 1.807) is 11.8 Å². The molecule has 1 amide bonds. The Bertz CT molecular complexity index is 760. The van der Waals surface area contributed by atoms with Crippen molar-refractivity contribution in [1.82, 2.24) is 5.32 Å². The molecule has 1 heterocycles. The summed E-state index contributed by atoms with van der Waals surface area (Å²) in [5.41, 5.74) is 3.50. The third kappa shape index (κ3) is 3.85. The number of nitrogens with one attached hydrogen (secondary N) is 1. The zero-order chi connectivity index (χ0) is 17.1. The second kappa shape index (κ2) is 7.18. The van der Waals surface area contributed by atoms with E-state index in [1.807, 2.05) is 25.1 Å². The normalized spacial score (nSPS) is 13.6. The first kappa shape index (κ1) is 16.7. The molecule has 0 unspecified atom stereocenters. The minimum atomic E-state index is -0.152. The SMILES string of the molecule is Cc1ccc(S[C@H](C)C(=O)NCc2ccc3c(c2)OCO3)cc1C. The highest BCUT2D eigenvalue weighted by Crippen LogP contribution is 2.32. The molecule has 1 aliphatic heterocycles. The monoisotopic (exact) mass is 343 g/mol. The fraction of sp³-hybridized carbons (Fsp3) is 0.316. The second-order valence-corrected chi connectivity index (χ2v) is 7.33. The molecule has 5 heteroatoms. The summed E-state index contributed by atoms with van der Waals surface area (Å²) < 4.78 is 10.6. The Morgan fingerprint density at radius 3 is 2.71 bits per heavy atom. The van der Waals surface area contributed by atoms with Crippen molar-refractivity contribution in [3.63, 3.8) is 0 Å². The molecule has 0 saturated carbocycles. The van der Waals surface area contributed by atoms with Crippen molar-refractivity contribution in [2.24, 2.45) is 0 Å². The molecule has 24 heavy (non-hydrogen) atoms. The van der Waals surface area contributed by atoms with E-state index in [0.29, 0.717) is 6.54 Å². The number of aryl methyl sites for hydroxylation is 2. The third-order valence-corrected chi connectivity index (χ3v) is 5.16. The molecule has 3 rings (SSSR count). The lowest BCUT2D eigenvalue weighted by molar-refractivity contribution is -0.120. The minimum absolute atomic E-state index is 0.0240. The van der Waals surface area contributed by atoms with Crippen molar-refractivity contribution < 1.29 is 14.3 Å². The fourth-order valence-corrected chi connectivity index (χ4v) is 3.42. The van der Waals surface area contributed by atoms with Gasteiger partial charge in [0.2, 0.25) is 12.7 Å². The first-order valence-corrected chi connectivity index (χ1v) is 8.81. The highest BCUT2D eigenvalue weighted by atomic mass is 32.2. The molecule has 1 atom stereocenters. The summed E-state index contributed by atoms with van der Waals surface area (Å²) in [5.74, 6) is 1.51. The lowest BCUT2D eigenvalue weighted by Gasteiger charge is -2.13. The first-order valence-electron chi connectivity index (χ1n) is 7.93. The van der Waals surface area contributed by atoms with E-state index in [2.05, 4.69) is 37.4 Å². The van der Waals surface area contributed by atoms with Crippen LogP contribution in [0.25, 0.3) is 0 Å². The van der Waals surface area contributed by atoms with Gasteiger partial charge in [-0.2, -0.15) is 0 Å². The van der Waals surface area contributed by atoms with Crippen molar-refractivity contribution in [2.45, 2.75) is 37.5 Å². The number of carbonyl (C=O) groups excluding carboxylic acids is 1. The van der Waals surface area contributed by atoms with Crippen molar-refractivity contribution in [1.29, 1.82) is 0 Å². The standard InChI is InChI=1S/C19H21NO3S/c1-12-4-6-16(8-13(12)2)24-14(3)19(21)20-10-15-5-7-17-18(9-15)23-11-22-17/h4-9,14H,10-11H2,1-3H3,(H,20,21)/t14-/m1/s1. The molecule has 0 saturated heterocycles. The molecule has 1 N–H and O–H groups in total. The van der Waals surface area contributed by atoms with Crippen molar-refractivity contribution in [3.8, 4) is 11.5 Å². The smallest absolute Gasteiger partial charge is 0.233 e. The first-order chi connectivity index (χ1) is 11.5. The van der Waals surface area contributed by atoms with Gasteiger partial charge in [-0.05, 0) is 61.7 Å². The van der Waals surface area contributed by atoms with E-state index in [1.165, 1.54) is 11.1 Å². The van der Waals surface area contributed by atoms with Gasteiger partial charge in [0.05, 0.1) is 5.25 Å². The molecule has 4 nitrogen and oxygen atoms in total. The molecule has 0 bridgehead atoms. The summed E-state index contributed by atoms with van der Waals surface area (Å²) >= 11 is 1.57. The highest BCUT2D eigenvalue weighted by molar-refractivity contribution is 8.00. The fourth-order valence-electron chi connectivity index (χ4n) is 2.43. The summed E-state index contributed by atoms with van der Waals surface area (Å²) in [7, 11) is 0. The number of ether oxygens (including phenoxy) is 2. The number of benzene rings is 2.